The summed E-state index contributed by atoms with van der Waals surface area (Å²) in [4.78, 5) is 2.55. The number of benzene rings is 1. The second kappa shape index (κ2) is 9.06. The van der Waals surface area contributed by atoms with E-state index in [2.05, 4.69) is 35.3 Å². The Morgan fingerprint density at radius 1 is 1.24 bits per heavy atom. The molecule has 21 heavy (non-hydrogen) atoms. The Labute approximate surface area is 129 Å². The third-order valence-corrected chi connectivity index (χ3v) is 4.41. The summed E-state index contributed by atoms with van der Waals surface area (Å²) in [6, 6.07) is 8.31. The summed E-state index contributed by atoms with van der Waals surface area (Å²) in [5.74, 6) is 1.98. The van der Waals surface area contributed by atoms with Crippen LogP contribution in [0.2, 0.25) is 0 Å². The maximum atomic E-state index is 5.99. The number of hydrogen-bond acceptors (Lipinski definition) is 3. The Morgan fingerprint density at radius 2 is 2.00 bits per heavy atom. The van der Waals surface area contributed by atoms with Crippen molar-refractivity contribution in [2.45, 2.75) is 39.2 Å². The molecule has 1 heterocycles. The maximum Gasteiger partial charge on any atom is 0.123 e. The first-order valence-electron chi connectivity index (χ1n) is 8.41. The minimum absolute atomic E-state index is 0.791. The van der Waals surface area contributed by atoms with Crippen LogP contribution >= 0.6 is 0 Å². The summed E-state index contributed by atoms with van der Waals surface area (Å²) >= 11 is 0. The van der Waals surface area contributed by atoms with E-state index in [1.54, 1.807) is 0 Å². The normalized spacial score (nSPS) is 17.0. The molecule has 1 aliphatic heterocycles. The Kier molecular flexibility index (Phi) is 7.04. The molecule has 0 unspecified atom stereocenters. The van der Waals surface area contributed by atoms with Gasteiger partial charge in [0.25, 0.3) is 0 Å². The molecule has 118 valence electrons. The summed E-state index contributed by atoms with van der Waals surface area (Å²) in [5.41, 5.74) is 1.24. The molecule has 0 aromatic heterocycles. The molecule has 1 fully saturated rings. The van der Waals surface area contributed by atoms with E-state index in [-0.39, 0.29) is 0 Å². The van der Waals surface area contributed by atoms with Gasteiger partial charge in [0.15, 0.2) is 0 Å². The number of nitrogens with one attached hydrogen (secondary N) is 1. The molecule has 0 bridgehead atoms. The van der Waals surface area contributed by atoms with E-state index in [0.717, 1.165) is 31.4 Å². The van der Waals surface area contributed by atoms with E-state index < -0.39 is 0 Å². The lowest BCUT2D eigenvalue weighted by molar-refractivity contribution is 0.151. The highest BCUT2D eigenvalue weighted by molar-refractivity contribution is 5.33. The lowest BCUT2D eigenvalue weighted by Gasteiger charge is -2.31. The van der Waals surface area contributed by atoms with Crippen LogP contribution in [0.15, 0.2) is 24.3 Å². The minimum Gasteiger partial charge on any atom is -0.492 e. The van der Waals surface area contributed by atoms with Crippen molar-refractivity contribution in [2.75, 3.05) is 33.3 Å². The van der Waals surface area contributed by atoms with E-state index in [1.165, 1.54) is 44.3 Å². The third-order valence-electron chi connectivity index (χ3n) is 4.41. The molecule has 0 amide bonds. The molecule has 1 aromatic carbocycles. The lowest BCUT2D eigenvalue weighted by atomic mass is 9.92. The molecule has 0 radical (unpaired) electrons. The Hall–Kier alpha value is -1.06. The number of nitrogens with zero attached hydrogens (tertiary/aromatic N) is 1. The number of rotatable bonds is 8. The Bertz CT molecular complexity index is 400. The van der Waals surface area contributed by atoms with Gasteiger partial charge in [0.1, 0.15) is 12.4 Å². The molecule has 0 aliphatic carbocycles. The van der Waals surface area contributed by atoms with Crippen molar-refractivity contribution in [1.29, 1.82) is 0 Å². The predicted molar refractivity (Wildman–Crippen MR) is 88.8 cm³/mol. The zero-order chi connectivity index (χ0) is 14.9. The number of piperidine rings is 1. The van der Waals surface area contributed by atoms with E-state index in [9.17, 15) is 0 Å². The molecule has 1 saturated heterocycles. The van der Waals surface area contributed by atoms with Gasteiger partial charge in [-0.2, -0.15) is 0 Å². The van der Waals surface area contributed by atoms with Gasteiger partial charge in [-0.3, -0.25) is 4.90 Å². The van der Waals surface area contributed by atoms with Gasteiger partial charge in [-0.15, -0.1) is 0 Å². The topological polar surface area (TPSA) is 24.5 Å². The zero-order valence-electron chi connectivity index (χ0n) is 13.6. The molecule has 2 rings (SSSR count). The van der Waals surface area contributed by atoms with E-state index in [4.69, 9.17) is 4.74 Å². The molecule has 1 aliphatic rings. The van der Waals surface area contributed by atoms with Crippen LogP contribution in [0.3, 0.4) is 0 Å². The average molecular weight is 290 g/mol. The van der Waals surface area contributed by atoms with Crippen LogP contribution in [0, 0.1) is 5.92 Å². The largest absolute Gasteiger partial charge is 0.492 e. The first-order valence-corrected chi connectivity index (χ1v) is 8.41. The van der Waals surface area contributed by atoms with Crippen molar-refractivity contribution in [3.8, 4) is 5.75 Å². The van der Waals surface area contributed by atoms with E-state index in [0.29, 0.717) is 0 Å². The molecule has 3 nitrogen and oxygen atoms in total. The van der Waals surface area contributed by atoms with Crippen LogP contribution in [0.25, 0.3) is 0 Å². The molecular formula is C18H30N2O. The summed E-state index contributed by atoms with van der Waals surface area (Å²) in [5, 5.41) is 3.19. The fourth-order valence-electron chi connectivity index (χ4n) is 3.17. The zero-order valence-corrected chi connectivity index (χ0v) is 13.6. The van der Waals surface area contributed by atoms with E-state index >= 15 is 0 Å². The smallest absolute Gasteiger partial charge is 0.123 e. The predicted octanol–water partition coefficient (Wildman–Crippen LogP) is 3.30. The van der Waals surface area contributed by atoms with Crippen LogP contribution in [0.5, 0.6) is 5.75 Å². The van der Waals surface area contributed by atoms with Gasteiger partial charge in [-0.05, 0) is 45.0 Å². The molecule has 0 saturated carbocycles. The van der Waals surface area contributed by atoms with Gasteiger partial charge >= 0.3 is 0 Å². The number of likely N-dealkylation sites (tertiary alicyclic amines) is 1. The number of ether oxygens (including phenoxy) is 1. The van der Waals surface area contributed by atoms with Gasteiger partial charge in [0.05, 0.1) is 0 Å². The first-order chi connectivity index (χ1) is 10.3. The minimum atomic E-state index is 0.791. The van der Waals surface area contributed by atoms with E-state index in [1.807, 2.05) is 13.1 Å². The monoisotopic (exact) mass is 290 g/mol. The second-order valence-corrected chi connectivity index (χ2v) is 6.06. The van der Waals surface area contributed by atoms with Crippen LogP contribution < -0.4 is 10.1 Å². The fraction of sp³-hybridized carbons (Fsp3) is 0.667. The van der Waals surface area contributed by atoms with Crippen molar-refractivity contribution in [1.82, 2.24) is 10.2 Å². The average Bonchev–Trinajstić information content (AvgIpc) is 2.51. The standard InChI is InChI=1S/C18H30N2O/c1-3-6-16-9-11-20(12-10-16)13-14-21-18-8-5-4-7-17(18)15-19-2/h4-5,7-8,16,19H,3,6,9-15H2,1-2H3. The first kappa shape index (κ1) is 16.3. The highest BCUT2D eigenvalue weighted by Crippen LogP contribution is 2.22. The summed E-state index contributed by atoms with van der Waals surface area (Å²) in [7, 11) is 1.97. The third kappa shape index (κ3) is 5.33. The summed E-state index contributed by atoms with van der Waals surface area (Å²) in [6.45, 7) is 7.48. The maximum absolute atomic E-state index is 5.99. The van der Waals surface area contributed by atoms with Crippen molar-refractivity contribution in [3.63, 3.8) is 0 Å². The van der Waals surface area contributed by atoms with Crippen LogP contribution in [-0.2, 0) is 6.54 Å². The molecule has 0 spiro atoms. The molecule has 3 heteroatoms. The molecule has 0 atom stereocenters. The van der Waals surface area contributed by atoms with Crippen molar-refractivity contribution >= 4 is 0 Å². The van der Waals surface area contributed by atoms with Gasteiger partial charge in [0, 0.05) is 18.7 Å². The van der Waals surface area contributed by atoms with Gasteiger partial charge in [-0.1, -0.05) is 38.0 Å². The lowest BCUT2D eigenvalue weighted by Crippen LogP contribution is -2.36. The van der Waals surface area contributed by atoms with Gasteiger partial charge in [0.2, 0.25) is 0 Å². The van der Waals surface area contributed by atoms with Crippen LogP contribution in [0.1, 0.15) is 38.2 Å². The Balaban J connectivity index is 1.70. The quantitative estimate of drug-likeness (QED) is 0.795. The molecular weight excluding hydrogens is 260 g/mol. The fourth-order valence-corrected chi connectivity index (χ4v) is 3.17. The highest BCUT2D eigenvalue weighted by Gasteiger charge is 2.18. The SMILES string of the molecule is CCCC1CCN(CCOc2ccccc2CNC)CC1. The Morgan fingerprint density at radius 3 is 2.71 bits per heavy atom. The molecule has 1 aromatic rings. The van der Waals surface area contributed by atoms with Gasteiger partial charge in [-0.25, -0.2) is 0 Å². The van der Waals surface area contributed by atoms with Crippen molar-refractivity contribution in [2.24, 2.45) is 5.92 Å². The van der Waals surface area contributed by atoms with Crippen molar-refractivity contribution in [3.05, 3.63) is 29.8 Å². The summed E-state index contributed by atoms with van der Waals surface area (Å²) < 4.78 is 5.99. The number of hydrogen-bond donors (Lipinski definition) is 1. The van der Waals surface area contributed by atoms with Crippen LogP contribution in [0.4, 0.5) is 0 Å². The van der Waals surface area contributed by atoms with Gasteiger partial charge < -0.3 is 10.1 Å². The van der Waals surface area contributed by atoms with Crippen LogP contribution in [-0.4, -0.2) is 38.2 Å². The summed E-state index contributed by atoms with van der Waals surface area (Å²) in [6.07, 6.45) is 5.46. The number of para-hydroxylation sites is 1. The second-order valence-electron chi connectivity index (χ2n) is 6.06. The molecule has 1 N–H and O–H groups in total. The highest BCUT2D eigenvalue weighted by atomic mass is 16.5. The van der Waals surface area contributed by atoms with Crippen molar-refractivity contribution < 1.29 is 4.74 Å².